The first-order valence-corrected chi connectivity index (χ1v) is 8.04. The van der Waals surface area contributed by atoms with Crippen molar-refractivity contribution < 1.29 is 13.2 Å². The molecule has 0 aliphatic rings. The van der Waals surface area contributed by atoms with Gasteiger partial charge in [0.25, 0.3) is 0 Å². The highest BCUT2D eigenvalue weighted by Gasteiger charge is 2.12. The van der Waals surface area contributed by atoms with Crippen molar-refractivity contribution in [3.05, 3.63) is 16.9 Å². The van der Waals surface area contributed by atoms with Gasteiger partial charge < -0.3 is 14.3 Å². The van der Waals surface area contributed by atoms with Crippen LogP contribution in [-0.4, -0.2) is 41.6 Å². The molecule has 2 heterocycles. The van der Waals surface area contributed by atoms with Gasteiger partial charge in [0, 0.05) is 18.4 Å². The molecule has 2 rings (SSSR count). The maximum absolute atomic E-state index is 11.6. The number of aromatic amines is 1. The summed E-state index contributed by atoms with van der Waals surface area (Å²) in [5.74, 6) is 0.636. The number of aromatic nitrogens is 3. The van der Waals surface area contributed by atoms with Crippen molar-refractivity contribution in [2.75, 3.05) is 18.6 Å². The van der Waals surface area contributed by atoms with E-state index in [9.17, 15) is 8.42 Å². The summed E-state index contributed by atoms with van der Waals surface area (Å²) in [4.78, 5) is 7.29. The van der Waals surface area contributed by atoms with Crippen LogP contribution < -0.4 is 4.74 Å². The predicted octanol–water partition coefficient (Wildman–Crippen LogP) is 1.54. The molecule has 0 bridgehead atoms. The second-order valence-electron chi connectivity index (χ2n) is 4.04. The van der Waals surface area contributed by atoms with E-state index in [1.807, 2.05) is 6.07 Å². The third kappa shape index (κ3) is 2.95. The van der Waals surface area contributed by atoms with Crippen LogP contribution in [0.15, 0.2) is 12.1 Å². The van der Waals surface area contributed by atoms with Gasteiger partial charge in [0.2, 0.25) is 5.88 Å². The molecule has 0 unspecified atom stereocenters. The van der Waals surface area contributed by atoms with Gasteiger partial charge in [0.1, 0.15) is 0 Å². The maximum atomic E-state index is 11.6. The first-order valence-electron chi connectivity index (χ1n) is 5.81. The lowest BCUT2D eigenvalue weighted by Crippen LogP contribution is -2.15. The number of rotatable bonds is 5. The number of fused-ring (bicyclic) bond motifs is 1. The van der Waals surface area contributed by atoms with Crippen molar-refractivity contribution in [2.24, 2.45) is 0 Å². The molecule has 0 radical (unpaired) electrons. The molecular formula is C11H15N3O3S2. The minimum Gasteiger partial charge on any atom is -0.481 e. The van der Waals surface area contributed by atoms with E-state index in [0.29, 0.717) is 16.3 Å². The molecule has 0 spiro atoms. The van der Waals surface area contributed by atoms with E-state index in [-0.39, 0.29) is 18.1 Å². The molecule has 0 aliphatic carbocycles. The Balaban J connectivity index is 2.42. The Bertz CT molecular complexity index is 746. The standard InChI is InChI=1S/C11H15N3O3S2/c1-3-19(15,16)7-6-14-10-8(12-11(14)18)4-5-9(13-10)17-2/h4-5H,3,6-7H2,1-2H3,(H,12,18). The normalized spacial score (nSPS) is 11.9. The fourth-order valence-electron chi connectivity index (χ4n) is 1.71. The van der Waals surface area contributed by atoms with Crippen LogP contribution in [0.3, 0.4) is 0 Å². The topological polar surface area (TPSA) is 77.0 Å². The Kier molecular flexibility index (Phi) is 3.91. The summed E-state index contributed by atoms with van der Waals surface area (Å²) >= 11 is 5.19. The molecule has 2 aromatic rings. The number of nitrogens with zero attached hydrogens (tertiary/aromatic N) is 2. The highest BCUT2D eigenvalue weighted by atomic mass is 32.2. The quantitative estimate of drug-likeness (QED) is 0.848. The van der Waals surface area contributed by atoms with E-state index >= 15 is 0 Å². The van der Waals surface area contributed by atoms with E-state index in [4.69, 9.17) is 17.0 Å². The Labute approximate surface area is 116 Å². The van der Waals surface area contributed by atoms with Gasteiger partial charge in [-0.3, -0.25) is 0 Å². The van der Waals surface area contributed by atoms with E-state index in [2.05, 4.69) is 9.97 Å². The van der Waals surface area contributed by atoms with Crippen LogP contribution in [-0.2, 0) is 16.4 Å². The number of methoxy groups -OCH3 is 1. The predicted molar refractivity (Wildman–Crippen MR) is 75.8 cm³/mol. The zero-order chi connectivity index (χ0) is 14.0. The number of nitrogens with one attached hydrogen (secondary N) is 1. The molecule has 8 heteroatoms. The van der Waals surface area contributed by atoms with Gasteiger partial charge in [-0.05, 0) is 18.3 Å². The maximum Gasteiger partial charge on any atom is 0.215 e. The van der Waals surface area contributed by atoms with Crippen molar-refractivity contribution in [1.29, 1.82) is 0 Å². The van der Waals surface area contributed by atoms with E-state index < -0.39 is 9.84 Å². The van der Waals surface area contributed by atoms with Crippen molar-refractivity contribution >= 4 is 33.2 Å². The van der Waals surface area contributed by atoms with Crippen molar-refractivity contribution in [1.82, 2.24) is 14.5 Å². The minimum atomic E-state index is -3.04. The summed E-state index contributed by atoms with van der Waals surface area (Å²) in [6, 6.07) is 3.53. The molecule has 0 amide bonds. The number of pyridine rings is 1. The lowest BCUT2D eigenvalue weighted by atomic mass is 10.4. The van der Waals surface area contributed by atoms with Crippen LogP contribution in [0.25, 0.3) is 11.2 Å². The molecule has 0 fully saturated rings. The monoisotopic (exact) mass is 301 g/mol. The third-order valence-corrected chi connectivity index (χ3v) is 4.87. The molecule has 0 atom stereocenters. The van der Waals surface area contributed by atoms with Crippen LogP contribution in [0.2, 0.25) is 0 Å². The average Bonchev–Trinajstić information content (AvgIpc) is 2.71. The summed E-state index contributed by atoms with van der Waals surface area (Å²) in [6.45, 7) is 1.92. The Morgan fingerprint density at radius 1 is 1.47 bits per heavy atom. The molecule has 6 nitrogen and oxygen atoms in total. The number of hydrogen-bond acceptors (Lipinski definition) is 5. The molecule has 0 aromatic carbocycles. The van der Waals surface area contributed by atoms with E-state index in [1.54, 1.807) is 17.6 Å². The fraction of sp³-hybridized carbons (Fsp3) is 0.455. The van der Waals surface area contributed by atoms with Crippen molar-refractivity contribution in [2.45, 2.75) is 13.5 Å². The van der Waals surface area contributed by atoms with E-state index in [0.717, 1.165) is 5.52 Å². The molecule has 19 heavy (non-hydrogen) atoms. The third-order valence-electron chi connectivity index (χ3n) is 2.87. The second kappa shape index (κ2) is 5.30. The number of hydrogen-bond donors (Lipinski definition) is 1. The van der Waals surface area contributed by atoms with Gasteiger partial charge in [-0.15, -0.1) is 0 Å². The number of sulfone groups is 1. The average molecular weight is 301 g/mol. The Morgan fingerprint density at radius 3 is 2.84 bits per heavy atom. The summed E-state index contributed by atoms with van der Waals surface area (Å²) in [6.07, 6.45) is 0. The Morgan fingerprint density at radius 2 is 2.21 bits per heavy atom. The lowest BCUT2D eigenvalue weighted by molar-refractivity contribution is 0.399. The SMILES string of the molecule is CCS(=O)(=O)CCn1c(=S)[nH]c2ccc(OC)nc21. The summed E-state index contributed by atoms with van der Waals surface area (Å²) in [5.41, 5.74) is 1.37. The largest absolute Gasteiger partial charge is 0.481 e. The van der Waals surface area contributed by atoms with Crippen LogP contribution in [0.5, 0.6) is 5.88 Å². The van der Waals surface area contributed by atoms with E-state index in [1.165, 1.54) is 7.11 Å². The van der Waals surface area contributed by atoms with Gasteiger partial charge in [-0.1, -0.05) is 6.92 Å². The zero-order valence-electron chi connectivity index (χ0n) is 10.7. The number of aryl methyl sites for hydroxylation is 1. The van der Waals surface area contributed by atoms with Gasteiger partial charge in [-0.25, -0.2) is 8.42 Å². The number of ether oxygens (including phenoxy) is 1. The van der Waals surface area contributed by atoms with Crippen LogP contribution >= 0.6 is 12.2 Å². The minimum absolute atomic E-state index is 0.0453. The van der Waals surface area contributed by atoms with Crippen LogP contribution in [0.1, 0.15) is 6.92 Å². The summed E-state index contributed by atoms with van der Waals surface area (Å²) in [5, 5.41) is 0. The first-order chi connectivity index (χ1) is 8.96. The van der Waals surface area contributed by atoms with Gasteiger partial charge >= 0.3 is 0 Å². The van der Waals surface area contributed by atoms with Gasteiger partial charge in [0.05, 0.1) is 18.4 Å². The number of H-pyrrole nitrogens is 1. The van der Waals surface area contributed by atoms with Crippen molar-refractivity contribution in [3.63, 3.8) is 0 Å². The molecule has 1 N–H and O–H groups in total. The zero-order valence-corrected chi connectivity index (χ0v) is 12.3. The van der Waals surface area contributed by atoms with Crippen LogP contribution in [0, 0.1) is 4.77 Å². The fourth-order valence-corrected chi connectivity index (χ4v) is 2.75. The lowest BCUT2D eigenvalue weighted by Gasteiger charge is -2.05. The molecule has 104 valence electrons. The smallest absolute Gasteiger partial charge is 0.215 e. The van der Waals surface area contributed by atoms with Gasteiger partial charge in [-0.2, -0.15) is 4.98 Å². The highest BCUT2D eigenvalue weighted by molar-refractivity contribution is 7.91. The van der Waals surface area contributed by atoms with Crippen molar-refractivity contribution in [3.8, 4) is 5.88 Å². The highest BCUT2D eigenvalue weighted by Crippen LogP contribution is 2.16. The molecule has 0 saturated heterocycles. The van der Waals surface area contributed by atoms with Gasteiger partial charge in [0.15, 0.2) is 20.3 Å². The van der Waals surface area contributed by atoms with Crippen LogP contribution in [0.4, 0.5) is 0 Å². The second-order valence-corrected chi connectivity index (χ2v) is 6.90. The molecule has 0 saturated carbocycles. The molecule has 0 aliphatic heterocycles. The number of imidazole rings is 1. The Hall–Kier alpha value is -1.41. The summed E-state index contributed by atoms with van der Waals surface area (Å²) < 4.78 is 30.3. The molecule has 2 aromatic heterocycles. The molecular weight excluding hydrogens is 286 g/mol. The summed E-state index contributed by atoms with van der Waals surface area (Å²) in [7, 11) is -1.51. The first kappa shape index (κ1) is 14.0.